The van der Waals surface area contributed by atoms with E-state index in [9.17, 15) is 31.2 Å². The molecule has 0 radical (unpaired) electrons. The van der Waals surface area contributed by atoms with E-state index in [0.29, 0.717) is 38.6 Å². The first kappa shape index (κ1) is 24.6. The fourth-order valence-electron chi connectivity index (χ4n) is 3.51. The van der Waals surface area contributed by atoms with E-state index in [1.54, 1.807) is 11.8 Å². The third-order valence-corrected chi connectivity index (χ3v) is 6.65. The Kier molecular flexibility index (Phi) is 7.31. The number of halogens is 3. The Morgan fingerprint density at radius 3 is 2.30 bits per heavy atom. The number of carbonyl (C=O) groups excluding carboxylic acids is 2. The molecule has 7 nitrogen and oxygen atoms in total. The van der Waals surface area contributed by atoms with Gasteiger partial charge in [-0.1, -0.05) is 6.07 Å². The maximum absolute atomic E-state index is 12.9. The van der Waals surface area contributed by atoms with Crippen molar-refractivity contribution in [1.29, 1.82) is 0 Å². The summed E-state index contributed by atoms with van der Waals surface area (Å²) in [5.41, 5.74) is -0.938. The second-order valence-corrected chi connectivity index (χ2v) is 9.21. The Labute approximate surface area is 189 Å². The minimum absolute atomic E-state index is 0.197. The molecule has 0 aromatic heterocycles. The first-order chi connectivity index (χ1) is 15.5. The van der Waals surface area contributed by atoms with Gasteiger partial charge in [-0.3, -0.25) is 14.3 Å². The molecule has 1 heterocycles. The molecule has 1 N–H and O–H groups in total. The summed E-state index contributed by atoms with van der Waals surface area (Å²) in [5.74, 6) is -0.817. The van der Waals surface area contributed by atoms with E-state index in [-0.39, 0.29) is 33.9 Å². The van der Waals surface area contributed by atoms with Gasteiger partial charge >= 0.3 is 12.1 Å². The van der Waals surface area contributed by atoms with Crippen LogP contribution in [0.1, 0.15) is 35.7 Å². The Balaban J connectivity index is 1.66. The highest BCUT2D eigenvalue weighted by atomic mass is 32.2. The maximum Gasteiger partial charge on any atom is 0.416 e. The van der Waals surface area contributed by atoms with E-state index < -0.39 is 21.8 Å². The summed E-state index contributed by atoms with van der Waals surface area (Å²) < 4.78 is 70.8. The Bertz CT molecular complexity index is 1110. The minimum Gasteiger partial charge on any atom is -0.466 e. The highest BCUT2D eigenvalue weighted by molar-refractivity contribution is 7.92. The lowest BCUT2D eigenvalue weighted by Gasteiger charge is -2.31. The Morgan fingerprint density at radius 2 is 1.73 bits per heavy atom. The summed E-state index contributed by atoms with van der Waals surface area (Å²) in [6, 6.07) is 8.99. The fraction of sp³-hybridized carbons (Fsp3) is 0.364. The number of esters is 1. The predicted octanol–water partition coefficient (Wildman–Crippen LogP) is 3.92. The Morgan fingerprint density at radius 1 is 1.09 bits per heavy atom. The average molecular weight is 484 g/mol. The third kappa shape index (κ3) is 6.04. The summed E-state index contributed by atoms with van der Waals surface area (Å²) in [5, 5.41) is 0. The Hall–Kier alpha value is -3.08. The first-order valence-electron chi connectivity index (χ1n) is 10.3. The van der Waals surface area contributed by atoms with Crippen molar-refractivity contribution in [2.75, 3.05) is 24.4 Å². The van der Waals surface area contributed by atoms with Crippen LogP contribution in [0, 0.1) is 5.92 Å². The first-order valence-corrected chi connectivity index (χ1v) is 11.8. The van der Waals surface area contributed by atoms with Gasteiger partial charge < -0.3 is 9.64 Å². The number of sulfonamides is 1. The van der Waals surface area contributed by atoms with Crippen molar-refractivity contribution >= 4 is 27.6 Å². The number of amides is 1. The number of piperidine rings is 1. The lowest BCUT2D eigenvalue weighted by molar-refractivity contribution is -0.149. The lowest BCUT2D eigenvalue weighted by Crippen LogP contribution is -2.40. The zero-order valence-electron chi connectivity index (χ0n) is 17.8. The van der Waals surface area contributed by atoms with Crippen LogP contribution in [-0.4, -0.2) is 44.9 Å². The molecule has 2 aromatic carbocycles. The molecule has 0 spiro atoms. The van der Waals surface area contributed by atoms with E-state index in [4.69, 9.17) is 4.74 Å². The average Bonchev–Trinajstić information content (AvgIpc) is 2.78. The van der Waals surface area contributed by atoms with E-state index in [0.717, 1.165) is 12.1 Å². The SMILES string of the molecule is CCOC(=O)C1CCN(C(=O)c2ccc(S(=O)(=O)Nc3cccc(C(F)(F)F)c3)cc2)CC1. The maximum atomic E-state index is 12.9. The molecular weight excluding hydrogens is 461 g/mol. The van der Waals surface area contributed by atoms with Crippen LogP contribution in [0.25, 0.3) is 0 Å². The van der Waals surface area contributed by atoms with Crippen LogP contribution < -0.4 is 4.72 Å². The van der Waals surface area contributed by atoms with Crippen molar-refractivity contribution in [3.63, 3.8) is 0 Å². The second-order valence-electron chi connectivity index (χ2n) is 7.53. The standard InChI is InChI=1S/C22H23F3N2O5S/c1-2-32-21(29)16-10-12-27(13-11-16)20(28)15-6-8-19(9-7-15)33(30,31)26-18-5-3-4-17(14-18)22(23,24)25/h3-9,14,16,26H,2,10-13H2,1H3. The highest BCUT2D eigenvalue weighted by Gasteiger charge is 2.31. The van der Waals surface area contributed by atoms with Gasteiger partial charge in [0.25, 0.3) is 15.9 Å². The van der Waals surface area contributed by atoms with Crippen molar-refractivity contribution in [3.05, 3.63) is 59.7 Å². The number of anilines is 1. The van der Waals surface area contributed by atoms with Crippen LogP contribution in [0.4, 0.5) is 18.9 Å². The van der Waals surface area contributed by atoms with Crippen molar-refractivity contribution in [3.8, 4) is 0 Å². The van der Waals surface area contributed by atoms with Gasteiger partial charge in [-0.25, -0.2) is 8.42 Å². The number of nitrogens with one attached hydrogen (secondary N) is 1. The number of nitrogens with zero attached hydrogens (tertiary/aromatic N) is 1. The van der Waals surface area contributed by atoms with Gasteiger partial charge in [-0.05, 0) is 62.2 Å². The van der Waals surface area contributed by atoms with Crippen molar-refractivity contribution in [2.45, 2.75) is 30.8 Å². The zero-order chi connectivity index (χ0) is 24.2. The van der Waals surface area contributed by atoms with Gasteiger partial charge in [-0.15, -0.1) is 0 Å². The van der Waals surface area contributed by atoms with Crippen LogP contribution >= 0.6 is 0 Å². The molecule has 0 aliphatic carbocycles. The van der Waals surface area contributed by atoms with Gasteiger partial charge in [0.05, 0.1) is 23.0 Å². The van der Waals surface area contributed by atoms with Gasteiger partial charge in [0.1, 0.15) is 0 Å². The number of alkyl halides is 3. The smallest absolute Gasteiger partial charge is 0.416 e. The molecule has 0 unspecified atom stereocenters. The van der Waals surface area contributed by atoms with Crippen LogP contribution in [0.2, 0.25) is 0 Å². The van der Waals surface area contributed by atoms with E-state index in [1.807, 2.05) is 0 Å². The highest BCUT2D eigenvalue weighted by Crippen LogP contribution is 2.31. The molecule has 1 aliphatic heterocycles. The van der Waals surface area contributed by atoms with Crippen molar-refractivity contribution in [1.82, 2.24) is 4.90 Å². The summed E-state index contributed by atoms with van der Waals surface area (Å²) in [4.78, 5) is 25.9. The van der Waals surface area contributed by atoms with Crippen molar-refractivity contribution < 1.29 is 35.9 Å². The third-order valence-electron chi connectivity index (χ3n) is 5.26. The number of ether oxygens (including phenoxy) is 1. The molecule has 1 aliphatic rings. The van der Waals surface area contributed by atoms with Crippen LogP contribution in [0.5, 0.6) is 0 Å². The lowest BCUT2D eigenvalue weighted by atomic mass is 9.96. The number of carbonyl (C=O) groups is 2. The molecule has 0 atom stereocenters. The monoisotopic (exact) mass is 484 g/mol. The van der Waals surface area contributed by atoms with Gasteiger partial charge in [0, 0.05) is 24.3 Å². The van der Waals surface area contributed by atoms with E-state index >= 15 is 0 Å². The quantitative estimate of drug-likeness (QED) is 0.628. The van der Waals surface area contributed by atoms with Gasteiger partial charge in [-0.2, -0.15) is 13.2 Å². The van der Waals surface area contributed by atoms with Crippen molar-refractivity contribution in [2.24, 2.45) is 5.92 Å². The van der Waals surface area contributed by atoms with Crippen LogP contribution in [0.15, 0.2) is 53.4 Å². The molecule has 3 rings (SSSR count). The van der Waals surface area contributed by atoms with Gasteiger partial charge in [0.2, 0.25) is 0 Å². The second kappa shape index (κ2) is 9.82. The van der Waals surface area contributed by atoms with Crippen LogP contribution in [0.3, 0.4) is 0 Å². The summed E-state index contributed by atoms with van der Waals surface area (Å²) in [6.07, 6.45) is -3.63. The summed E-state index contributed by atoms with van der Waals surface area (Å²) >= 11 is 0. The normalized spacial score (nSPS) is 15.2. The molecule has 178 valence electrons. The fourth-order valence-corrected chi connectivity index (χ4v) is 4.56. The topological polar surface area (TPSA) is 92.8 Å². The van der Waals surface area contributed by atoms with Gasteiger partial charge in [0.15, 0.2) is 0 Å². The molecular formula is C22H23F3N2O5S. The molecule has 11 heteroatoms. The molecule has 1 amide bonds. The number of benzene rings is 2. The van der Waals surface area contributed by atoms with E-state index in [2.05, 4.69) is 4.72 Å². The summed E-state index contributed by atoms with van der Waals surface area (Å²) in [7, 11) is -4.16. The predicted molar refractivity (Wildman–Crippen MR) is 114 cm³/mol. The van der Waals surface area contributed by atoms with E-state index in [1.165, 1.54) is 30.3 Å². The number of hydrogen-bond donors (Lipinski definition) is 1. The molecule has 2 aromatic rings. The molecule has 0 bridgehead atoms. The molecule has 1 fully saturated rings. The summed E-state index contributed by atoms with van der Waals surface area (Å²) in [6.45, 7) is 2.78. The molecule has 33 heavy (non-hydrogen) atoms. The molecule has 0 saturated carbocycles. The number of likely N-dealkylation sites (tertiary alicyclic amines) is 1. The zero-order valence-corrected chi connectivity index (χ0v) is 18.6. The number of rotatable bonds is 6. The largest absolute Gasteiger partial charge is 0.466 e. The van der Waals surface area contributed by atoms with Crippen LogP contribution in [-0.2, 0) is 25.7 Å². The minimum atomic E-state index is -4.60. The molecule has 1 saturated heterocycles. The number of hydrogen-bond acceptors (Lipinski definition) is 5.